The first-order valence-corrected chi connectivity index (χ1v) is 10.5. The van der Waals surface area contributed by atoms with Gasteiger partial charge in [0.15, 0.2) is 17.3 Å². The van der Waals surface area contributed by atoms with E-state index in [0.29, 0.717) is 24.9 Å². The van der Waals surface area contributed by atoms with E-state index in [0.717, 1.165) is 33.4 Å². The highest BCUT2D eigenvalue weighted by Crippen LogP contribution is 2.35. The van der Waals surface area contributed by atoms with Crippen molar-refractivity contribution in [3.8, 4) is 11.5 Å². The lowest BCUT2D eigenvalue weighted by Crippen LogP contribution is -2.36. The van der Waals surface area contributed by atoms with E-state index in [-0.39, 0.29) is 42.8 Å². The van der Waals surface area contributed by atoms with Crippen LogP contribution < -0.4 is 9.47 Å². The van der Waals surface area contributed by atoms with Gasteiger partial charge < -0.3 is 14.0 Å². The van der Waals surface area contributed by atoms with Crippen molar-refractivity contribution in [2.75, 3.05) is 13.3 Å². The fraction of sp³-hybridized carbons (Fsp3) is 0.375. The Kier molecular flexibility index (Phi) is 4.68. The number of rotatable bonds is 5. The van der Waals surface area contributed by atoms with Crippen LogP contribution in [0.1, 0.15) is 40.2 Å². The summed E-state index contributed by atoms with van der Waals surface area (Å²) in [4.78, 5) is 39.6. The third-order valence-electron chi connectivity index (χ3n) is 6.55. The Hall–Kier alpha value is -3.35. The van der Waals surface area contributed by atoms with Crippen molar-refractivity contribution in [3.05, 3.63) is 58.9 Å². The van der Waals surface area contributed by atoms with Gasteiger partial charge in [-0.25, -0.2) is 0 Å². The van der Waals surface area contributed by atoms with Crippen molar-refractivity contribution in [2.24, 2.45) is 11.8 Å². The van der Waals surface area contributed by atoms with E-state index in [2.05, 4.69) is 4.57 Å². The lowest BCUT2D eigenvalue weighted by Gasteiger charge is -2.14. The van der Waals surface area contributed by atoms with Gasteiger partial charge in [-0.05, 0) is 50.5 Å². The Morgan fingerprint density at radius 1 is 1.00 bits per heavy atom. The highest BCUT2D eigenvalue weighted by molar-refractivity contribution is 6.10. The molecule has 160 valence electrons. The molecule has 1 aromatic carbocycles. The number of aryl methyl sites for hydroxylation is 1. The summed E-state index contributed by atoms with van der Waals surface area (Å²) < 4.78 is 12.9. The molecule has 2 aliphatic heterocycles. The van der Waals surface area contributed by atoms with Crippen molar-refractivity contribution in [2.45, 2.75) is 33.2 Å². The molecule has 2 amide bonds. The minimum atomic E-state index is -0.316. The summed E-state index contributed by atoms with van der Waals surface area (Å²) in [7, 11) is 0. The van der Waals surface area contributed by atoms with E-state index in [9.17, 15) is 14.4 Å². The van der Waals surface area contributed by atoms with Gasteiger partial charge in [-0.1, -0.05) is 18.2 Å². The molecule has 3 heterocycles. The number of hydrogen-bond donors (Lipinski definition) is 0. The van der Waals surface area contributed by atoms with Crippen LogP contribution in [0.4, 0.5) is 0 Å². The maximum Gasteiger partial charge on any atom is 0.233 e. The number of ether oxygens (including phenoxy) is 2. The molecule has 31 heavy (non-hydrogen) atoms. The number of ketones is 1. The SMILES string of the molecule is Cc1cc(C(=O)CN2C(=O)[C@H]3CC=CC[C@H]3C2=O)c(C)n1Cc1ccc2c(c1)OCO2. The number of amides is 2. The minimum absolute atomic E-state index is 0.195. The summed E-state index contributed by atoms with van der Waals surface area (Å²) in [5.41, 5.74) is 3.34. The normalized spacial score (nSPS) is 21.7. The second-order valence-corrected chi connectivity index (χ2v) is 8.40. The molecule has 0 N–H and O–H groups in total. The second-order valence-electron chi connectivity index (χ2n) is 8.40. The quantitative estimate of drug-likeness (QED) is 0.422. The molecule has 7 nitrogen and oxygen atoms in total. The summed E-state index contributed by atoms with van der Waals surface area (Å²) in [5, 5.41) is 0. The summed E-state index contributed by atoms with van der Waals surface area (Å²) in [6.45, 7) is 4.45. The number of hydrogen-bond acceptors (Lipinski definition) is 5. The van der Waals surface area contributed by atoms with Crippen LogP contribution in [-0.2, 0) is 16.1 Å². The van der Waals surface area contributed by atoms with Gasteiger partial charge in [0.25, 0.3) is 0 Å². The summed E-state index contributed by atoms with van der Waals surface area (Å²) in [5.74, 6) is 0.170. The molecule has 1 saturated heterocycles. The van der Waals surface area contributed by atoms with Gasteiger partial charge >= 0.3 is 0 Å². The van der Waals surface area contributed by atoms with Crippen LogP contribution in [0.25, 0.3) is 0 Å². The van der Waals surface area contributed by atoms with E-state index < -0.39 is 0 Å². The molecule has 1 aromatic heterocycles. The van der Waals surface area contributed by atoms with Crippen molar-refractivity contribution >= 4 is 17.6 Å². The zero-order valence-corrected chi connectivity index (χ0v) is 17.6. The number of aromatic nitrogens is 1. The van der Waals surface area contributed by atoms with Crippen LogP contribution in [-0.4, -0.2) is 40.4 Å². The molecule has 3 aliphatic rings. The Labute approximate surface area is 180 Å². The largest absolute Gasteiger partial charge is 0.454 e. The van der Waals surface area contributed by atoms with E-state index in [1.54, 1.807) is 0 Å². The number of likely N-dealkylation sites (tertiary alicyclic amines) is 1. The van der Waals surface area contributed by atoms with Crippen molar-refractivity contribution in [3.63, 3.8) is 0 Å². The van der Waals surface area contributed by atoms with Crippen LogP contribution in [0.5, 0.6) is 11.5 Å². The van der Waals surface area contributed by atoms with Gasteiger partial charge in [0, 0.05) is 23.5 Å². The van der Waals surface area contributed by atoms with Gasteiger partial charge in [-0.15, -0.1) is 0 Å². The number of allylic oxidation sites excluding steroid dienone is 2. The predicted octanol–water partition coefficient (Wildman–Crippen LogP) is 3.02. The van der Waals surface area contributed by atoms with Crippen molar-refractivity contribution in [1.29, 1.82) is 0 Å². The van der Waals surface area contributed by atoms with E-state index >= 15 is 0 Å². The molecule has 0 saturated carbocycles. The lowest BCUT2D eigenvalue weighted by atomic mass is 9.85. The Bertz CT molecular complexity index is 1100. The number of Topliss-reactive ketones (excluding diaryl/α,β-unsaturated/α-hetero) is 1. The fourth-order valence-corrected chi connectivity index (χ4v) is 4.80. The van der Waals surface area contributed by atoms with Gasteiger partial charge in [0.1, 0.15) is 0 Å². The molecular weight excluding hydrogens is 396 g/mol. The maximum absolute atomic E-state index is 13.1. The Morgan fingerprint density at radius 2 is 1.68 bits per heavy atom. The average Bonchev–Trinajstić information content (AvgIpc) is 3.41. The first-order valence-electron chi connectivity index (χ1n) is 10.5. The number of imide groups is 1. The molecular formula is C24H24N2O5. The molecule has 1 fully saturated rings. The third kappa shape index (κ3) is 3.24. The lowest BCUT2D eigenvalue weighted by molar-refractivity contribution is -0.139. The molecule has 2 atom stereocenters. The highest BCUT2D eigenvalue weighted by Gasteiger charge is 2.47. The molecule has 5 rings (SSSR count). The molecule has 2 aromatic rings. The molecule has 1 aliphatic carbocycles. The van der Waals surface area contributed by atoms with Gasteiger partial charge in [-0.2, -0.15) is 0 Å². The molecule has 7 heteroatoms. The standard InChI is InChI=1S/C24H24N2O5/c1-14-9-19(15(2)25(14)11-16-7-8-21-22(10-16)31-13-30-21)20(27)12-26-23(28)17-5-3-4-6-18(17)24(26)29/h3-4,7-10,17-18H,5-6,11-13H2,1-2H3/t17-,18+. The summed E-state index contributed by atoms with van der Waals surface area (Å²) in [6.07, 6.45) is 5.04. The Morgan fingerprint density at radius 3 is 2.39 bits per heavy atom. The maximum atomic E-state index is 13.1. The van der Waals surface area contributed by atoms with Gasteiger partial charge in [0.2, 0.25) is 18.6 Å². The monoisotopic (exact) mass is 420 g/mol. The zero-order chi connectivity index (χ0) is 21.7. The summed E-state index contributed by atoms with van der Waals surface area (Å²) in [6, 6.07) is 7.65. The van der Waals surface area contributed by atoms with Gasteiger partial charge in [-0.3, -0.25) is 19.3 Å². The smallest absolute Gasteiger partial charge is 0.233 e. The van der Waals surface area contributed by atoms with E-state index in [1.165, 1.54) is 0 Å². The molecule has 0 radical (unpaired) electrons. The first kappa shape index (κ1) is 19.6. The average molecular weight is 420 g/mol. The Balaban J connectivity index is 1.35. The minimum Gasteiger partial charge on any atom is -0.454 e. The topological polar surface area (TPSA) is 77.8 Å². The van der Waals surface area contributed by atoms with E-state index in [4.69, 9.17) is 9.47 Å². The first-order chi connectivity index (χ1) is 14.9. The number of carbonyl (C=O) groups excluding carboxylic acids is 3. The van der Waals surface area contributed by atoms with Crippen LogP contribution in [0.2, 0.25) is 0 Å². The van der Waals surface area contributed by atoms with Crippen LogP contribution in [0.15, 0.2) is 36.4 Å². The zero-order valence-electron chi connectivity index (χ0n) is 17.6. The number of benzene rings is 1. The second kappa shape index (κ2) is 7.41. The van der Waals surface area contributed by atoms with Gasteiger partial charge in [0.05, 0.1) is 18.4 Å². The van der Waals surface area contributed by atoms with E-state index in [1.807, 2.05) is 50.3 Å². The fourth-order valence-electron chi connectivity index (χ4n) is 4.80. The molecule has 0 unspecified atom stereocenters. The van der Waals surface area contributed by atoms with Crippen LogP contribution in [0.3, 0.4) is 0 Å². The van der Waals surface area contributed by atoms with Crippen LogP contribution in [0, 0.1) is 25.7 Å². The molecule has 0 spiro atoms. The number of carbonyl (C=O) groups is 3. The third-order valence-corrected chi connectivity index (χ3v) is 6.55. The predicted molar refractivity (Wildman–Crippen MR) is 112 cm³/mol. The van der Waals surface area contributed by atoms with Crippen molar-refractivity contribution < 1.29 is 23.9 Å². The highest BCUT2D eigenvalue weighted by atomic mass is 16.7. The molecule has 0 bridgehead atoms. The summed E-state index contributed by atoms with van der Waals surface area (Å²) >= 11 is 0. The number of fused-ring (bicyclic) bond motifs is 2. The van der Waals surface area contributed by atoms with Crippen molar-refractivity contribution in [1.82, 2.24) is 9.47 Å². The van der Waals surface area contributed by atoms with Crippen LogP contribution >= 0.6 is 0 Å². The number of nitrogens with zero attached hydrogens (tertiary/aromatic N) is 2.